The van der Waals surface area contributed by atoms with E-state index in [9.17, 15) is 13.5 Å². The molecule has 0 fully saturated rings. The van der Waals surface area contributed by atoms with Crippen molar-refractivity contribution < 1.29 is 18.3 Å². The Morgan fingerprint density at radius 1 is 1.21 bits per heavy atom. The van der Waals surface area contributed by atoms with E-state index in [4.69, 9.17) is 4.74 Å². The molecule has 0 aromatic heterocycles. The SMILES string of the molecule is COc1cc(C)c(C(O)C(C)(C)S(C)(=O)=O)cc1C. The maximum Gasteiger partial charge on any atom is 0.155 e. The van der Waals surface area contributed by atoms with Gasteiger partial charge in [0, 0.05) is 6.26 Å². The van der Waals surface area contributed by atoms with Crippen molar-refractivity contribution in [3.63, 3.8) is 0 Å². The molecule has 0 amide bonds. The van der Waals surface area contributed by atoms with Gasteiger partial charge in [0.2, 0.25) is 0 Å². The fourth-order valence-corrected chi connectivity index (χ4v) is 2.44. The third-order valence-corrected chi connectivity index (χ3v) is 5.83. The predicted octanol–water partition coefficient (Wildman–Crippen LogP) is 2.17. The summed E-state index contributed by atoms with van der Waals surface area (Å²) in [6.45, 7) is 6.76. The maximum atomic E-state index is 11.8. The Balaban J connectivity index is 3.36. The van der Waals surface area contributed by atoms with Crippen LogP contribution in [0.2, 0.25) is 0 Å². The summed E-state index contributed by atoms with van der Waals surface area (Å²) in [6, 6.07) is 3.60. The zero-order valence-electron chi connectivity index (χ0n) is 12.3. The predicted molar refractivity (Wildman–Crippen MR) is 76.4 cm³/mol. The van der Waals surface area contributed by atoms with Crippen LogP contribution in [0.3, 0.4) is 0 Å². The van der Waals surface area contributed by atoms with Gasteiger partial charge in [0.25, 0.3) is 0 Å². The normalized spacial score (nSPS) is 14.3. The zero-order valence-corrected chi connectivity index (χ0v) is 13.1. The topological polar surface area (TPSA) is 63.6 Å². The Morgan fingerprint density at radius 3 is 2.16 bits per heavy atom. The Bertz CT molecular complexity index is 573. The molecule has 0 aliphatic heterocycles. The van der Waals surface area contributed by atoms with E-state index in [2.05, 4.69) is 0 Å². The molecule has 1 unspecified atom stereocenters. The molecule has 19 heavy (non-hydrogen) atoms. The van der Waals surface area contributed by atoms with Crippen LogP contribution in [0, 0.1) is 13.8 Å². The molecule has 1 aromatic carbocycles. The van der Waals surface area contributed by atoms with Crippen LogP contribution in [-0.2, 0) is 9.84 Å². The summed E-state index contributed by atoms with van der Waals surface area (Å²) in [5, 5.41) is 10.4. The van der Waals surface area contributed by atoms with Crippen LogP contribution in [0.15, 0.2) is 12.1 Å². The van der Waals surface area contributed by atoms with Crippen LogP contribution >= 0.6 is 0 Å². The maximum absolute atomic E-state index is 11.8. The number of ether oxygens (including phenoxy) is 1. The first-order valence-electron chi connectivity index (χ1n) is 6.05. The van der Waals surface area contributed by atoms with Gasteiger partial charge in [0.05, 0.1) is 18.0 Å². The molecule has 0 heterocycles. The summed E-state index contributed by atoms with van der Waals surface area (Å²) in [6.07, 6.45) is 0.0641. The molecule has 1 atom stereocenters. The number of hydrogen-bond acceptors (Lipinski definition) is 4. The first-order chi connectivity index (χ1) is 8.52. The van der Waals surface area contributed by atoms with Gasteiger partial charge < -0.3 is 9.84 Å². The molecule has 0 radical (unpaired) electrons. The minimum absolute atomic E-state index is 0.619. The third-order valence-electron chi connectivity index (χ3n) is 3.69. The lowest BCUT2D eigenvalue weighted by molar-refractivity contribution is 0.138. The first-order valence-corrected chi connectivity index (χ1v) is 7.94. The van der Waals surface area contributed by atoms with Crippen molar-refractivity contribution in [1.82, 2.24) is 0 Å². The van der Waals surface area contributed by atoms with Gasteiger partial charge in [0.15, 0.2) is 9.84 Å². The summed E-state index contributed by atoms with van der Waals surface area (Å²) in [7, 11) is -1.79. The highest BCUT2D eigenvalue weighted by molar-refractivity contribution is 7.92. The largest absolute Gasteiger partial charge is 0.496 e. The highest BCUT2D eigenvalue weighted by Gasteiger charge is 2.39. The van der Waals surface area contributed by atoms with Gasteiger partial charge in [-0.05, 0) is 56.5 Å². The molecular formula is C14H22O4S. The van der Waals surface area contributed by atoms with Crippen LogP contribution in [0.1, 0.15) is 36.6 Å². The molecule has 0 aliphatic carbocycles. The molecule has 0 spiro atoms. The molecule has 5 heteroatoms. The molecule has 0 saturated carbocycles. The van der Waals surface area contributed by atoms with E-state index in [1.165, 1.54) is 13.8 Å². The molecule has 4 nitrogen and oxygen atoms in total. The number of aliphatic hydroxyl groups is 1. The van der Waals surface area contributed by atoms with Gasteiger partial charge in [-0.25, -0.2) is 8.42 Å². The Labute approximate surface area is 115 Å². The van der Waals surface area contributed by atoms with Gasteiger partial charge in [-0.2, -0.15) is 0 Å². The first kappa shape index (κ1) is 16.0. The van der Waals surface area contributed by atoms with Crippen molar-refractivity contribution in [2.45, 2.75) is 38.5 Å². The van der Waals surface area contributed by atoms with E-state index in [0.717, 1.165) is 23.1 Å². The number of benzene rings is 1. The van der Waals surface area contributed by atoms with Gasteiger partial charge in [0.1, 0.15) is 5.75 Å². The number of methoxy groups -OCH3 is 1. The van der Waals surface area contributed by atoms with Crippen LogP contribution in [0.4, 0.5) is 0 Å². The summed E-state index contributed by atoms with van der Waals surface area (Å²) < 4.78 is 27.6. The van der Waals surface area contributed by atoms with Gasteiger partial charge in [-0.1, -0.05) is 0 Å². The van der Waals surface area contributed by atoms with Crippen molar-refractivity contribution in [2.24, 2.45) is 0 Å². The highest BCUT2D eigenvalue weighted by Crippen LogP contribution is 2.35. The number of rotatable bonds is 4. The van der Waals surface area contributed by atoms with E-state index in [1.54, 1.807) is 13.2 Å². The lowest BCUT2D eigenvalue weighted by Gasteiger charge is -2.30. The standard InChI is InChI=1S/C14H22O4S/c1-9-8-12(18-5)10(2)7-11(9)13(15)14(3,4)19(6,16)17/h7-8,13,15H,1-6H3. The summed E-state index contributed by atoms with van der Waals surface area (Å²) >= 11 is 0. The summed E-state index contributed by atoms with van der Waals surface area (Å²) in [4.78, 5) is 0. The number of aryl methyl sites for hydroxylation is 2. The van der Waals surface area contributed by atoms with Gasteiger partial charge >= 0.3 is 0 Å². The molecule has 1 N–H and O–H groups in total. The fraction of sp³-hybridized carbons (Fsp3) is 0.571. The van der Waals surface area contributed by atoms with E-state index in [-0.39, 0.29) is 0 Å². The monoisotopic (exact) mass is 286 g/mol. The molecule has 1 aromatic rings. The van der Waals surface area contributed by atoms with Crippen LogP contribution < -0.4 is 4.74 Å². The second kappa shape index (κ2) is 5.13. The van der Waals surface area contributed by atoms with Crippen molar-refractivity contribution in [2.75, 3.05) is 13.4 Å². The van der Waals surface area contributed by atoms with E-state index < -0.39 is 20.7 Å². The lowest BCUT2D eigenvalue weighted by atomic mass is 9.93. The van der Waals surface area contributed by atoms with Crippen molar-refractivity contribution >= 4 is 9.84 Å². The van der Waals surface area contributed by atoms with E-state index >= 15 is 0 Å². The van der Waals surface area contributed by atoms with E-state index in [1.807, 2.05) is 19.9 Å². The van der Waals surface area contributed by atoms with Crippen LogP contribution in [0.25, 0.3) is 0 Å². The molecule has 1 rings (SSSR count). The minimum Gasteiger partial charge on any atom is -0.496 e. The van der Waals surface area contributed by atoms with Gasteiger partial charge in [-0.15, -0.1) is 0 Å². The number of sulfone groups is 1. The third kappa shape index (κ3) is 2.92. The number of aliphatic hydroxyl groups excluding tert-OH is 1. The molecular weight excluding hydrogens is 264 g/mol. The second-order valence-corrected chi connectivity index (χ2v) is 8.05. The molecule has 0 bridgehead atoms. The zero-order chi connectivity index (χ0) is 15.0. The average molecular weight is 286 g/mol. The second-order valence-electron chi connectivity index (χ2n) is 5.46. The molecule has 108 valence electrons. The Kier molecular flexibility index (Phi) is 4.32. The van der Waals surface area contributed by atoms with Crippen molar-refractivity contribution in [1.29, 1.82) is 0 Å². The Morgan fingerprint density at radius 2 is 1.74 bits per heavy atom. The quantitative estimate of drug-likeness (QED) is 0.921. The highest BCUT2D eigenvalue weighted by atomic mass is 32.2. The Hall–Kier alpha value is -1.07. The van der Waals surface area contributed by atoms with E-state index in [0.29, 0.717) is 5.56 Å². The molecule has 0 aliphatic rings. The van der Waals surface area contributed by atoms with Crippen molar-refractivity contribution in [3.8, 4) is 5.75 Å². The van der Waals surface area contributed by atoms with Crippen LogP contribution in [0.5, 0.6) is 5.75 Å². The number of hydrogen-bond donors (Lipinski definition) is 1. The minimum atomic E-state index is -3.38. The lowest BCUT2D eigenvalue weighted by Crippen LogP contribution is -2.38. The van der Waals surface area contributed by atoms with Crippen LogP contribution in [-0.4, -0.2) is 31.6 Å². The molecule has 0 saturated heterocycles. The summed E-state index contributed by atoms with van der Waals surface area (Å²) in [5.74, 6) is 0.727. The average Bonchev–Trinajstić information content (AvgIpc) is 2.29. The smallest absolute Gasteiger partial charge is 0.155 e. The van der Waals surface area contributed by atoms with Gasteiger partial charge in [-0.3, -0.25) is 0 Å². The fourth-order valence-electron chi connectivity index (χ4n) is 1.90. The van der Waals surface area contributed by atoms with Crippen molar-refractivity contribution in [3.05, 3.63) is 28.8 Å². The summed E-state index contributed by atoms with van der Waals surface area (Å²) in [5.41, 5.74) is 2.30.